The summed E-state index contributed by atoms with van der Waals surface area (Å²) in [5.74, 6) is -0.740. The van der Waals surface area contributed by atoms with E-state index in [4.69, 9.17) is 14.2 Å². The van der Waals surface area contributed by atoms with Crippen molar-refractivity contribution in [3.8, 4) is 17.2 Å². The number of rotatable bonds is 11. The van der Waals surface area contributed by atoms with Crippen LogP contribution in [0, 0.1) is 10.1 Å². The molecule has 0 aliphatic carbocycles. The summed E-state index contributed by atoms with van der Waals surface area (Å²) in [5, 5.41) is 14.4. The molecule has 0 bridgehead atoms. The molecule has 0 heterocycles. The van der Waals surface area contributed by atoms with Crippen molar-refractivity contribution in [3.63, 3.8) is 0 Å². The highest BCUT2D eigenvalue weighted by Gasteiger charge is 2.36. The van der Waals surface area contributed by atoms with Crippen LogP contribution in [0.25, 0.3) is 0 Å². The number of para-hydroxylation sites is 1. The standard InChI is InChI=1S/C20H22F2N2O7/c1-20(18(25)29-3,12-30-14-7-5-4-6-8-14)23-11-13-9-16(28-2)17(31-19(21)22)10-15(13)24(26)27/h4-10,19,23H,11-12H2,1-3H3. The van der Waals surface area contributed by atoms with E-state index in [1.807, 2.05) is 0 Å². The maximum Gasteiger partial charge on any atom is 0.387 e. The number of carbonyl (C=O) groups excluding carboxylic acids is 1. The fourth-order valence-electron chi connectivity index (χ4n) is 2.69. The van der Waals surface area contributed by atoms with E-state index in [0.717, 1.165) is 6.07 Å². The maximum absolute atomic E-state index is 12.6. The van der Waals surface area contributed by atoms with E-state index in [9.17, 15) is 23.7 Å². The quantitative estimate of drug-likeness (QED) is 0.322. The monoisotopic (exact) mass is 440 g/mol. The SMILES string of the molecule is COC(=O)C(C)(COc1ccccc1)NCc1cc(OC)c(OC(F)F)cc1[N+](=O)[O-]. The molecular formula is C20H22F2N2O7. The van der Waals surface area contributed by atoms with E-state index in [1.165, 1.54) is 27.2 Å². The zero-order valence-corrected chi connectivity index (χ0v) is 17.1. The van der Waals surface area contributed by atoms with Crippen LogP contribution in [-0.4, -0.2) is 43.9 Å². The number of hydrogen-bond acceptors (Lipinski definition) is 8. The molecule has 0 aliphatic rings. The Labute approximate surface area is 177 Å². The number of nitro groups is 1. The molecule has 2 aromatic carbocycles. The predicted octanol–water partition coefficient (Wildman–Crippen LogP) is 3.31. The van der Waals surface area contributed by atoms with Crippen molar-refractivity contribution in [2.75, 3.05) is 20.8 Å². The Morgan fingerprint density at radius 3 is 2.42 bits per heavy atom. The van der Waals surface area contributed by atoms with E-state index in [1.54, 1.807) is 30.3 Å². The molecule has 0 aromatic heterocycles. The third-order valence-corrected chi connectivity index (χ3v) is 4.35. The maximum atomic E-state index is 12.6. The summed E-state index contributed by atoms with van der Waals surface area (Å²) in [6, 6.07) is 10.8. The van der Waals surface area contributed by atoms with E-state index in [0.29, 0.717) is 5.75 Å². The van der Waals surface area contributed by atoms with Crippen molar-refractivity contribution in [3.05, 3.63) is 58.1 Å². The van der Waals surface area contributed by atoms with Crippen LogP contribution in [0.5, 0.6) is 17.2 Å². The van der Waals surface area contributed by atoms with Gasteiger partial charge in [0.2, 0.25) is 0 Å². The third kappa shape index (κ3) is 6.25. The number of halogens is 2. The van der Waals surface area contributed by atoms with Gasteiger partial charge in [-0.05, 0) is 25.1 Å². The van der Waals surface area contributed by atoms with Crippen molar-refractivity contribution in [2.45, 2.75) is 25.6 Å². The second-order valence-electron chi connectivity index (χ2n) is 6.55. The minimum Gasteiger partial charge on any atom is -0.493 e. The van der Waals surface area contributed by atoms with Gasteiger partial charge in [0.05, 0.1) is 25.2 Å². The highest BCUT2D eigenvalue weighted by molar-refractivity contribution is 5.80. The Bertz CT molecular complexity index is 912. The number of nitrogens with zero attached hydrogens (tertiary/aromatic N) is 1. The fraction of sp³-hybridized carbons (Fsp3) is 0.350. The first-order chi connectivity index (χ1) is 14.7. The summed E-state index contributed by atoms with van der Waals surface area (Å²) < 4.78 is 45.0. The zero-order valence-electron chi connectivity index (χ0n) is 17.1. The van der Waals surface area contributed by atoms with Crippen LogP contribution < -0.4 is 19.5 Å². The first-order valence-corrected chi connectivity index (χ1v) is 9.01. The Kier molecular flexibility index (Phi) is 8.08. The van der Waals surface area contributed by atoms with Crippen molar-refractivity contribution in [2.24, 2.45) is 0 Å². The van der Waals surface area contributed by atoms with Gasteiger partial charge in [-0.1, -0.05) is 18.2 Å². The molecule has 0 saturated heterocycles. The molecule has 1 unspecified atom stereocenters. The lowest BCUT2D eigenvalue weighted by molar-refractivity contribution is -0.385. The van der Waals surface area contributed by atoms with Gasteiger partial charge in [-0.3, -0.25) is 15.4 Å². The summed E-state index contributed by atoms with van der Waals surface area (Å²) in [7, 11) is 2.41. The zero-order chi connectivity index (χ0) is 23.0. The molecule has 0 amide bonds. The van der Waals surface area contributed by atoms with Crippen LogP contribution in [0.1, 0.15) is 12.5 Å². The van der Waals surface area contributed by atoms with Gasteiger partial charge in [0.25, 0.3) is 5.69 Å². The van der Waals surface area contributed by atoms with Gasteiger partial charge in [0, 0.05) is 12.1 Å². The molecule has 1 atom stereocenters. The van der Waals surface area contributed by atoms with Gasteiger partial charge in [-0.15, -0.1) is 0 Å². The fourth-order valence-corrected chi connectivity index (χ4v) is 2.69. The smallest absolute Gasteiger partial charge is 0.387 e. The molecule has 0 radical (unpaired) electrons. The van der Waals surface area contributed by atoms with Crippen LogP contribution in [-0.2, 0) is 16.1 Å². The van der Waals surface area contributed by atoms with Crippen LogP contribution in [0.15, 0.2) is 42.5 Å². The number of alkyl halides is 2. The summed E-state index contributed by atoms with van der Waals surface area (Å²) in [6.45, 7) is -2.00. The highest BCUT2D eigenvalue weighted by atomic mass is 19.3. The van der Waals surface area contributed by atoms with Gasteiger partial charge in [-0.25, -0.2) is 4.79 Å². The first kappa shape index (κ1) is 23.8. The van der Waals surface area contributed by atoms with Gasteiger partial charge in [-0.2, -0.15) is 8.78 Å². The van der Waals surface area contributed by atoms with E-state index in [-0.39, 0.29) is 24.5 Å². The Morgan fingerprint density at radius 2 is 1.87 bits per heavy atom. The lowest BCUT2D eigenvalue weighted by Crippen LogP contribution is -2.54. The van der Waals surface area contributed by atoms with Crippen molar-refractivity contribution in [1.82, 2.24) is 5.32 Å². The minimum absolute atomic E-state index is 0.0818. The average Bonchev–Trinajstić information content (AvgIpc) is 2.76. The number of nitrogens with one attached hydrogen (secondary N) is 1. The molecule has 0 spiro atoms. The minimum atomic E-state index is -3.18. The number of benzene rings is 2. The van der Waals surface area contributed by atoms with E-state index in [2.05, 4.69) is 10.1 Å². The van der Waals surface area contributed by atoms with Crippen molar-refractivity contribution < 1.29 is 37.4 Å². The van der Waals surface area contributed by atoms with Gasteiger partial charge < -0.3 is 18.9 Å². The molecule has 9 nitrogen and oxygen atoms in total. The lowest BCUT2D eigenvalue weighted by Gasteiger charge is -2.28. The number of hydrogen-bond donors (Lipinski definition) is 1. The second kappa shape index (κ2) is 10.5. The van der Waals surface area contributed by atoms with Gasteiger partial charge in [0.1, 0.15) is 17.9 Å². The molecule has 0 aliphatic heterocycles. The second-order valence-corrected chi connectivity index (χ2v) is 6.55. The molecule has 31 heavy (non-hydrogen) atoms. The van der Waals surface area contributed by atoms with Crippen LogP contribution in [0.4, 0.5) is 14.5 Å². The molecule has 2 aromatic rings. The van der Waals surface area contributed by atoms with Crippen LogP contribution in [0.2, 0.25) is 0 Å². The number of esters is 1. The third-order valence-electron chi connectivity index (χ3n) is 4.35. The van der Waals surface area contributed by atoms with E-state index >= 15 is 0 Å². The predicted molar refractivity (Wildman–Crippen MR) is 105 cm³/mol. The molecule has 0 fully saturated rings. The first-order valence-electron chi connectivity index (χ1n) is 9.01. The highest BCUT2D eigenvalue weighted by Crippen LogP contribution is 2.36. The molecule has 11 heteroatoms. The van der Waals surface area contributed by atoms with Gasteiger partial charge >= 0.3 is 12.6 Å². The number of ether oxygens (including phenoxy) is 4. The molecular weight excluding hydrogens is 418 g/mol. The summed E-state index contributed by atoms with van der Waals surface area (Å²) in [5.41, 5.74) is -1.78. The normalized spacial score (nSPS) is 12.7. The molecule has 1 N–H and O–H groups in total. The largest absolute Gasteiger partial charge is 0.493 e. The topological polar surface area (TPSA) is 109 Å². The number of carbonyl (C=O) groups is 1. The Balaban J connectivity index is 2.28. The van der Waals surface area contributed by atoms with Crippen molar-refractivity contribution in [1.29, 1.82) is 0 Å². The van der Waals surface area contributed by atoms with Crippen molar-refractivity contribution >= 4 is 11.7 Å². The summed E-state index contributed by atoms with van der Waals surface area (Å²) in [4.78, 5) is 23.1. The van der Waals surface area contributed by atoms with Crippen LogP contribution in [0.3, 0.4) is 0 Å². The Morgan fingerprint density at radius 1 is 1.19 bits per heavy atom. The molecule has 2 rings (SSSR count). The average molecular weight is 440 g/mol. The Hall–Kier alpha value is -3.47. The van der Waals surface area contributed by atoms with E-state index < -0.39 is 34.5 Å². The summed E-state index contributed by atoms with van der Waals surface area (Å²) >= 11 is 0. The molecule has 0 saturated carbocycles. The van der Waals surface area contributed by atoms with Gasteiger partial charge in [0.15, 0.2) is 11.5 Å². The lowest BCUT2D eigenvalue weighted by atomic mass is 10.0. The van der Waals surface area contributed by atoms with Crippen LogP contribution >= 0.6 is 0 Å². The molecule has 168 valence electrons. The number of nitro benzene ring substituents is 1. The summed E-state index contributed by atoms with van der Waals surface area (Å²) in [6.07, 6.45) is 0. The number of methoxy groups -OCH3 is 2.